The highest BCUT2D eigenvalue weighted by Gasteiger charge is 2.35. The maximum absolute atomic E-state index is 5.26. The normalized spacial score (nSPS) is 12.8. The molecule has 4 heteroatoms. The van der Waals surface area contributed by atoms with E-state index in [1.54, 1.807) is 0 Å². The molecule has 0 spiro atoms. The van der Waals surface area contributed by atoms with Crippen LogP contribution in [0.1, 0.15) is 25.0 Å². The molecule has 0 saturated heterocycles. The summed E-state index contributed by atoms with van der Waals surface area (Å²) in [6, 6.07) is 68.9. The first-order valence-corrected chi connectivity index (χ1v) is 19.9. The van der Waals surface area contributed by atoms with Gasteiger partial charge in [-0.2, -0.15) is 0 Å². The summed E-state index contributed by atoms with van der Waals surface area (Å²) in [5.41, 5.74) is 15.8. The zero-order valence-corrected chi connectivity index (χ0v) is 32.3. The average Bonchev–Trinajstić information content (AvgIpc) is 3.63. The van der Waals surface area contributed by atoms with Gasteiger partial charge in [0.05, 0.1) is 16.7 Å². The predicted molar refractivity (Wildman–Crippen MR) is 239 cm³/mol. The Hall–Kier alpha value is -7.43. The Bertz CT molecular complexity index is 3060. The van der Waals surface area contributed by atoms with Crippen molar-refractivity contribution in [2.24, 2.45) is 0 Å². The van der Waals surface area contributed by atoms with Gasteiger partial charge >= 0.3 is 0 Å². The summed E-state index contributed by atoms with van der Waals surface area (Å²) in [4.78, 5) is 15.6. The Balaban J connectivity index is 1.10. The molecule has 274 valence electrons. The highest BCUT2D eigenvalue weighted by molar-refractivity contribution is 6.13. The lowest BCUT2D eigenvalue weighted by atomic mass is 9.74. The van der Waals surface area contributed by atoms with Crippen molar-refractivity contribution in [3.05, 3.63) is 205 Å². The minimum atomic E-state index is -0.227. The van der Waals surface area contributed by atoms with E-state index in [1.165, 1.54) is 49.7 Å². The van der Waals surface area contributed by atoms with Gasteiger partial charge in [0.25, 0.3) is 0 Å². The molecule has 0 bridgehead atoms. The number of para-hydroxylation sites is 2. The molecule has 11 rings (SSSR count). The molecule has 0 N–H and O–H groups in total. The Morgan fingerprint density at radius 3 is 1.48 bits per heavy atom. The van der Waals surface area contributed by atoms with Crippen molar-refractivity contribution in [3.63, 3.8) is 0 Å². The van der Waals surface area contributed by atoms with E-state index in [0.717, 1.165) is 38.9 Å². The van der Waals surface area contributed by atoms with Crippen molar-refractivity contribution in [2.75, 3.05) is 0 Å². The van der Waals surface area contributed by atoms with Crippen LogP contribution < -0.4 is 0 Å². The molecule has 1 aliphatic heterocycles. The molecule has 4 nitrogen and oxygen atoms in total. The zero-order chi connectivity index (χ0) is 38.8. The molecular formula is C54H38N4. The topological polar surface area (TPSA) is 43.6 Å². The summed E-state index contributed by atoms with van der Waals surface area (Å²) >= 11 is 0. The van der Waals surface area contributed by atoms with Crippen LogP contribution in [-0.2, 0) is 5.41 Å². The smallest absolute Gasteiger partial charge is 0.164 e. The third-order valence-electron chi connectivity index (χ3n) is 11.9. The van der Waals surface area contributed by atoms with Crippen LogP contribution in [0, 0.1) is 0 Å². The molecule has 10 aromatic rings. The van der Waals surface area contributed by atoms with E-state index in [0.29, 0.717) is 17.5 Å². The molecule has 1 aliphatic rings. The van der Waals surface area contributed by atoms with Gasteiger partial charge in [0, 0.05) is 32.9 Å². The fraction of sp³-hybridized carbons (Fsp3) is 0.0556. The molecule has 0 radical (unpaired) electrons. The number of aromatic nitrogens is 4. The van der Waals surface area contributed by atoms with Gasteiger partial charge in [-0.1, -0.05) is 184 Å². The first kappa shape index (κ1) is 33.9. The van der Waals surface area contributed by atoms with Crippen molar-refractivity contribution in [3.8, 4) is 73.2 Å². The van der Waals surface area contributed by atoms with Crippen LogP contribution in [-0.4, -0.2) is 19.5 Å². The molecule has 0 amide bonds. The highest BCUT2D eigenvalue weighted by Crippen LogP contribution is 2.49. The average molecular weight is 743 g/mol. The highest BCUT2D eigenvalue weighted by atomic mass is 15.0. The van der Waals surface area contributed by atoms with Crippen LogP contribution in [0.4, 0.5) is 0 Å². The van der Waals surface area contributed by atoms with E-state index in [4.69, 9.17) is 15.0 Å². The zero-order valence-electron chi connectivity index (χ0n) is 32.3. The third-order valence-corrected chi connectivity index (χ3v) is 11.9. The van der Waals surface area contributed by atoms with Gasteiger partial charge in [-0.15, -0.1) is 0 Å². The third kappa shape index (κ3) is 5.48. The summed E-state index contributed by atoms with van der Waals surface area (Å²) in [6.45, 7) is 4.71. The van der Waals surface area contributed by atoms with Gasteiger partial charge in [0.2, 0.25) is 0 Å². The number of hydrogen-bond acceptors (Lipinski definition) is 3. The fourth-order valence-electron chi connectivity index (χ4n) is 8.89. The quantitative estimate of drug-likeness (QED) is 0.170. The number of nitrogens with zero attached hydrogens (tertiary/aromatic N) is 4. The largest absolute Gasteiger partial charge is 0.309 e. The SMILES string of the molecule is CC1(C)c2ccccc2-n2c3ccccc3c3cc(-c4ccccc4-c4nc(-c5ccc(-c6ccccc6)cc5)nc(-c5ccc(-c6ccccc6)cc5)n4)cc1c32. The molecule has 0 saturated carbocycles. The molecule has 0 aliphatic carbocycles. The van der Waals surface area contributed by atoms with Crippen LogP contribution in [0.2, 0.25) is 0 Å². The monoisotopic (exact) mass is 742 g/mol. The van der Waals surface area contributed by atoms with E-state index in [1.807, 2.05) is 12.1 Å². The van der Waals surface area contributed by atoms with Crippen molar-refractivity contribution in [1.29, 1.82) is 0 Å². The van der Waals surface area contributed by atoms with Crippen LogP contribution >= 0.6 is 0 Å². The lowest BCUT2D eigenvalue weighted by molar-refractivity contribution is 0.630. The second-order valence-corrected chi connectivity index (χ2v) is 15.7. The number of fused-ring (bicyclic) bond motifs is 5. The molecule has 0 atom stereocenters. The van der Waals surface area contributed by atoms with Crippen LogP contribution in [0.5, 0.6) is 0 Å². The Kier molecular flexibility index (Phi) is 7.80. The maximum Gasteiger partial charge on any atom is 0.164 e. The van der Waals surface area contributed by atoms with Crippen molar-refractivity contribution >= 4 is 21.8 Å². The van der Waals surface area contributed by atoms with Crippen LogP contribution in [0.3, 0.4) is 0 Å². The van der Waals surface area contributed by atoms with Gasteiger partial charge in [0.15, 0.2) is 17.5 Å². The summed E-state index contributed by atoms with van der Waals surface area (Å²) in [5.74, 6) is 1.90. The second-order valence-electron chi connectivity index (χ2n) is 15.7. The van der Waals surface area contributed by atoms with Gasteiger partial charge in [-0.25, -0.2) is 15.0 Å². The fourth-order valence-corrected chi connectivity index (χ4v) is 8.89. The molecular weight excluding hydrogens is 705 g/mol. The standard InChI is InChI=1S/C54H38N4/c1-54(2)46-22-12-14-24-49(46)58-48-23-13-11-20-43(48)45-33-41(34-47(54)50(45)58)42-19-9-10-21-44(42)53-56-51(39-29-25-37(26-30-39)35-15-5-3-6-16-35)55-52(57-53)40-31-27-38(28-32-40)36-17-7-4-8-18-36/h3-34H,1-2H3. The first-order valence-electron chi connectivity index (χ1n) is 19.9. The summed E-state index contributed by atoms with van der Waals surface area (Å²) in [7, 11) is 0. The summed E-state index contributed by atoms with van der Waals surface area (Å²) in [6.07, 6.45) is 0. The minimum absolute atomic E-state index is 0.227. The lowest BCUT2D eigenvalue weighted by Crippen LogP contribution is -2.26. The Morgan fingerprint density at radius 1 is 0.362 bits per heavy atom. The molecule has 58 heavy (non-hydrogen) atoms. The van der Waals surface area contributed by atoms with E-state index in [-0.39, 0.29) is 5.41 Å². The molecule has 8 aromatic carbocycles. The summed E-state index contributed by atoms with van der Waals surface area (Å²) < 4.78 is 2.47. The molecule has 3 heterocycles. The van der Waals surface area contributed by atoms with Crippen LogP contribution in [0.25, 0.3) is 95.0 Å². The van der Waals surface area contributed by atoms with Crippen molar-refractivity contribution < 1.29 is 0 Å². The van der Waals surface area contributed by atoms with E-state index >= 15 is 0 Å². The lowest BCUT2D eigenvalue weighted by Gasteiger charge is -2.35. The molecule has 0 fully saturated rings. The van der Waals surface area contributed by atoms with E-state index in [2.05, 4.69) is 200 Å². The summed E-state index contributed by atoms with van der Waals surface area (Å²) in [5, 5.41) is 2.49. The Labute approximate surface area is 337 Å². The van der Waals surface area contributed by atoms with Gasteiger partial charge in [0.1, 0.15) is 0 Å². The van der Waals surface area contributed by atoms with Gasteiger partial charge < -0.3 is 4.57 Å². The Morgan fingerprint density at radius 2 is 0.845 bits per heavy atom. The van der Waals surface area contributed by atoms with Crippen molar-refractivity contribution in [1.82, 2.24) is 19.5 Å². The number of benzene rings is 8. The number of hydrogen-bond donors (Lipinski definition) is 0. The van der Waals surface area contributed by atoms with E-state index in [9.17, 15) is 0 Å². The first-order chi connectivity index (χ1) is 28.5. The maximum atomic E-state index is 5.26. The molecule has 0 unspecified atom stereocenters. The van der Waals surface area contributed by atoms with E-state index < -0.39 is 0 Å². The molecule has 2 aromatic heterocycles. The minimum Gasteiger partial charge on any atom is -0.309 e. The van der Waals surface area contributed by atoms with Gasteiger partial charge in [-0.05, 0) is 68.8 Å². The van der Waals surface area contributed by atoms with Crippen molar-refractivity contribution in [2.45, 2.75) is 19.3 Å². The van der Waals surface area contributed by atoms with Crippen LogP contribution in [0.15, 0.2) is 194 Å². The second kappa shape index (κ2) is 13.4. The predicted octanol–water partition coefficient (Wildman–Crippen LogP) is 13.6. The van der Waals surface area contributed by atoms with Gasteiger partial charge in [-0.3, -0.25) is 0 Å². The number of rotatable bonds is 6.